The molecule has 5 nitrogen and oxygen atoms in total. The number of piperidine rings is 1. The lowest BCUT2D eigenvalue weighted by atomic mass is 10.1. The quantitative estimate of drug-likeness (QED) is 0.483. The standard InChI is InChI=1S/C21H32N4O/c1-3-22-21(25-14-10-20(11-15-25)26-4-2)23-17-18-8-7-9-19(16-18)24-12-5-6-13-24/h5-9,16,20H,3-4,10-15,17H2,1-2H3,(H,22,23). The Morgan fingerprint density at radius 1 is 1.19 bits per heavy atom. The van der Waals surface area contributed by atoms with Crippen LogP contribution in [-0.2, 0) is 11.3 Å². The first kappa shape index (κ1) is 18.8. The van der Waals surface area contributed by atoms with Crippen molar-refractivity contribution in [3.05, 3.63) is 42.0 Å². The molecular weight excluding hydrogens is 324 g/mol. The Morgan fingerprint density at radius 3 is 2.65 bits per heavy atom. The largest absolute Gasteiger partial charge is 0.378 e. The zero-order valence-corrected chi connectivity index (χ0v) is 16.2. The summed E-state index contributed by atoms with van der Waals surface area (Å²) in [6.45, 7) is 10.6. The number of ether oxygens (including phenoxy) is 1. The number of rotatable bonds is 6. The number of nitrogens with one attached hydrogen (secondary N) is 1. The highest BCUT2D eigenvalue weighted by Crippen LogP contribution is 2.19. The second-order valence-corrected chi connectivity index (χ2v) is 6.86. The maximum atomic E-state index is 5.77. The van der Waals surface area contributed by atoms with E-state index in [4.69, 9.17) is 9.73 Å². The van der Waals surface area contributed by atoms with Gasteiger partial charge >= 0.3 is 0 Å². The molecule has 1 aromatic rings. The topological polar surface area (TPSA) is 40.1 Å². The van der Waals surface area contributed by atoms with Crippen molar-refractivity contribution < 1.29 is 4.74 Å². The minimum Gasteiger partial charge on any atom is -0.378 e. The van der Waals surface area contributed by atoms with Gasteiger partial charge in [-0.25, -0.2) is 4.99 Å². The van der Waals surface area contributed by atoms with Gasteiger partial charge in [-0.2, -0.15) is 0 Å². The molecule has 5 heteroatoms. The molecule has 0 atom stereocenters. The normalized spacial score (nSPS) is 18.6. The molecule has 0 saturated carbocycles. The first-order valence-electron chi connectivity index (χ1n) is 9.94. The number of hydrogen-bond donors (Lipinski definition) is 1. The van der Waals surface area contributed by atoms with E-state index in [1.165, 1.54) is 11.3 Å². The summed E-state index contributed by atoms with van der Waals surface area (Å²) < 4.78 is 5.77. The van der Waals surface area contributed by atoms with Crippen LogP contribution >= 0.6 is 0 Å². The Balaban J connectivity index is 1.61. The van der Waals surface area contributed by atoms with Crippen molar-refractivity contribution in [3.63, 3.8) is 0 Å². The highest BCUT2D eigenvalue weighted by Gasteiger charge is 2.21. The Kier molecular flexibility index (Phi) is 6.95. The summed E-state index contributed by atoms with van der Waals surface area (Å²) in [5.41, 5.74) is 2.54. The highest BCUT2D eigenvalue weighted by molar-refractivity contribution is 5.80. The van der Waals surface area contributed by atoms with E-state index in [2.05, 4.69) is 65.4 Å². The molecule has 2 aliphatic heterocycles. The number of likely N-dealkylation sites (tertiary alicyclic amines) is 1. The molecule has 0 radical (unpaired) electrons. The minimum absolute atomic E-state index is 0.407. The minimum atomic E-state index is 0.407. The predicted octanol–water partition coefficient (Wildman–Crippen LogP) is 3.03. The number of anilines is 1. The maximum Gasteiger partial charge on any atom is 0.194 e. The first-order valence-corrected chi connectivity index (χ1v) is 9.94. The third-order valence-corrected chi connectivity index (χ3v) is 4.98. The van der Waals surface area contributed by atoms with Gasteiger partial charge in [0.05, 0.1) is 12.6 Å². The number of aliphatic imine (C=N–C) groups is 1. The van der Waals surface area contributed by atoms with Crippen LogP contribution in [0.5, 0.6) is 0 Å². The van der Waals surface area contributed by atoms with Crippen molar-refractivity contribution in [1.29, 1.82) is 0 Å². The fourth-order valence-electron chi connectivity index (χ4n) is 3.60. The van der Waals surface area contributed by atoms with Gasteiger partial charge in [-0.1, -0.05) is 24.3 Å². The highest BCUT2D eigenvalue weighted by atomic mass is 16.5. The zero-order chi connectivity index (χ0) is 18.2. The Bertz CT molecular complexity index is 612. The molecule has 0 bridgehead atoms. The molecular formula is C21H32N4O. The fourth-order valence-corrected chi connectivity index (χ4v) is 3.60. The van der Waals surface area contributed by atoms with Gasteiger partial charge in [-0.05, 0) is 44.4 Å². The number of guanidine groups is 1. The first-order chi connectivity index (χ1) is 12.8. The monoisotopic (exact) mass is 356 g/mol. The van der Waals surface area contributed by atoms with Crippen molar-refractivity contribution >= 4 is 11.6 Å². The third-order valence-electron chi connectivity index (χ3n) is 4.98. The van der Waals surface area contributed by atoms with Gasteiger partial charge in [0.2, 0.25) is 0 Å². The molecule has 2 aliphatic rings. The second kappa shape index (κ2) is 9.62. The van der Waals surface area contributed by atoms with E-state index in [0.717, 1.165) is 58.1 Å². The van der Waals surface area contributed by atoms with E-state index in [9.17, 15) is 0 Å². The molecule has 1 N–H and O–H groups in total. The predicted molar refractivity (Wildman–Crippen MR) is 109 cm³/mol. The molecule has 0 unspecified atom stereocenters. The van der Waals surface area contributed by atoms with Gasteiger partial charge in [-0.3, -0.25) is 0 Å². The molecule has 1 fully saturated rings. The van der Waals surface area contributed by atoms with Crippen LogP contribution in [0.2, 0.25) is 0 Å². The third kappa shape index (κ3) is 5.01. The van der Waals surface area contributed by atoms with Crippen molar-refractivity contribution in [2.75, 3.05) is 44.2 Å². The molecule has 2 heterocycles. The summed E-state index contributed by atoms with van der Waals surface area (Å²) in [5, 5.41) is 3.45. The molecule has 0 spiro atoms. The average molecular weight is 357 g/mol. The van der Waals surface area contributed by atoms with Crippen molar-refractivity contribution in [3.8, 4) is 0 Å². The fraction of sp³-hybridized carbons (Fsp3) is 0.571. The van der Waals surface area contributed by atoms with E-state index in [1.807, 2.05) is 0 Å². The van der Waals surface area contributed by atoms with Crippen molar-refractivity contribution in [2.45, 2.75) is 39.3 Å². The molecule has 3 rings (SSSR count). The van der Waals surface area contributed by atoms with E-state index >= 15 is 0 Å². The number of hydrogen-bond acceptors (Lipinski definition) is 3. The van der Waals surface area contributed by atoms with E-state index in [1.54, 1.807) is 0 Å². The summed E-state index contributed by atoms with van der Waals surface area (Å²) in [4.78, 5) is 9.64. The second-order valence-electron chi connectivity index (χ2n) is 6.86. The van der Waals surface area contributed by atoms with Crippen LogP contribution in [0.3, 0.4) is 0 Å². The lowest BCUT2D eigenvalue weighted by Crippen LogP contribution is -2.47. The molecule has 0 amide bonds. The van der Waals surface area contributed by atoms with Crippen LogP contribution in [0, 0.1) is 0 Å². The van der Waals surface area contributed by atoms with Gasteiger partial charge in [0.1, 0.15) is 0 Å². The van der Waals surface area contributed by atoms with Gasteiger partial charge in [-0.15, -0.1) is 0 Å². The van der Waals surface area contributed by atoms with Crippen LogP contribution in [0.1, 0.15) is 32.3 Å². The summed E-state index contributed by atoms with van der Waals surface area (Å²) in [7, 11) is 0. The zero-order valence-electron chi connectivity index (χ0n) is 16.2. The van der Waals surface area contributed by atoms with Crippen LogP contribution in [0.4, 0.5) is 5.69 Å². The van der Waals surface area contributed by atoms with E-state index < -0.39 is 0 Å². The molecule has 26 heavy (non-hydrogen) atoms. The van der Waals surface area contributed by atoms with E-state index in [-0.39, 0.29) is 0 Å². The summed E-state index contributed by atoms with van der Waals surface area (Å²) in [6, 6.07) is 8.76. The molecule has 1 saturated heterocycles. The van der Waals surface area contributed by atoms with Crippen LogP contribution in [0.15, 0.2) is 41.4 Å². The molecule has 1 aromatic carbocycles. The van der Waals surface area contributed by atoms with Crippen molar-refractivity contribution in [1.82, 2.24) is 10.2 Å². The van der Waals surface area contributed by atoms with Crippen LogP contribution in [-0.4, -0.2) is 56.3 Å². The summed E-state index contributed by atoms with van der Waals surface area (Å²) in [5.74, 6) is 1.02. The smallest absolute Gasteiger partial charge is 0.194 e. The van der Waals surface area contributed by atoms with Gasteiger partial charge < -0.3 is 19.9 Å². The van der Waals surface area contributed by atoms with Gasteiger partial charge in [0, 0.05) is 45.0 Å². The lowest BCUT2D eigenvalue weighted by molar-refractivity contribution is 0.0263. The lowest BCUT2D eigenvalue weighted by Gasteiger charge is -2.34. The van der Waals surface area contributed by atoms with Gasteiger partial charge in [0.25, 0.3) is 0 Å². The van der Waals surface area contributed by atoms with Crippen LogP contribution < -0.4 is 10.2 Å². The summed E-state index contributed by atoms with van der Waals surface area (Å²) >= 11 is 0. The SMILES string of the molecule is CCNC(=NCc1cccc(N2CC=CC2)c1)N1CCC(OCC)CC1. The molecule has 142 valence electrons. The van der Waals surface area contributed by atoms with Crippen LogP contribution in [0.25, 0.3) is 0 Å². The number of nitrogens with zero attached hydrogens (tertiary/aromatic N) is 3. The summed E-state index contributed by atoms with van der Waals surface area (Å²) in [6.07, 6.45) is 7.01. The Morgan fingerprint density at radius 2 is 1.96 bits per heavy atom. The average Bonchev–Trinajstić information content (AvgIpc) is 3.21. The Labute approximate surface area is 157 Å². The maximum absolute atomic E-state index is 5.77. The van der Waals surface area contributed by atoms with E-state index in [0.29, 0.717) is 12.6 Å². The Hall–Kier alpha value is -2.01. The van der Waals surface area contributed by atoms with Gasteiger partial charge in [0.15, 0.2) is 5.96 Å². The number of benzene rings is 1. The van der Waals surface area contributed by atoms with Crippen molar-refractivity contribution in [2.24, 2.45) is 4.99 Å². The molecule has 0 aliphatic carbocycles. The molecule has 0 aromatic heterocycles.